The fourth-order valence-electron chi connectivity index (χ4n) is 4.45. The lowest BCUT2D eigenvalue weighted by molar-refractivity contribution is 0.475. The quantitative estimate of drug-likeness (QED) is 0.380. The Balaban J connectivity index is 1.31. The Morgan fingerprint density at radius 2 is 1.58 bits per heavy atom. The van der Waals surface area contributed by atoms with Crippen LogP contribution in [-0.2, 0) is 6.54 Å². The van der Waals surface area contributed by atoms with Crippen LogP contribution in [0.25, 0.3) is 16.9 Å². The molecule has 1 saturated heterocycles. The summed E-state index contributed by atoms with van der Waals surface area (Å²) in [5.74, 6) is 1.66. The van der Waals surface area contributed by atoms with Crippen molar-refractivity contribution in [1.29, 1.82) is 0 Å². The molecule has 0 bridgehead atoms. The summed E-state index contributed by atoms with van der Waals surface area (Å²) in [6, 6.07) is 21.5. The van der Waals surface area contributed by atoms with Gasteiger partial charge in [0.2, 0.25) is 5.95 Å². The zero-order chi connectivity index (χ0) is 24.3. The van der Waals surface area contributed by atoms with E-state index in [0.29, 0.717) is 18.3 Å². The molecule has 1 aliphatic heterocycles. The number of aromatic hydroxyl groups is 1. The van der Waals surface area contributed by atoms with Crippen molar-refractivity contribution in [3.8, 4) is 11.4 Å². The van der Waals surface area contributed by atoms with Gasteiger partial charge in [-0.15, -0.1) is 0 Å². The molecule has 0 radical (unpaired) electrons. The predicted molar refractivity (Wildman–Crippen MR) is 141 cm³/mol. The minimum atomic E-state index is 0.278. The van der Waals surface area contributed by atoms with E-state index in [2.05, 4.69) is 37.2 Å². The maximum atomic E-state index is 9.60. The van der Waals surface area contributed by atoms with Crippen LogP contribution in [0.2, 0.25) is 0 Å². The maximum Gasteiger partial charge on any atom is 0.229 e. The van der Waals surface area contributed by atoms with Crippen LogP contribution in [0.3, 0.4) is 0 Å². The monoisotopic (exact) mass is 478 g/mol. The number of piperazine rings is 1. The van der Waals surface area contributed by atoms with E-state index in [0.717, 1.165) is 48.7 Å². The largest absolute Gasteiger partial charge is 0.508 e. The molecule has 0 atom stereocenters. The van der Waals surface area contributed by atoms with Gasteiger partial charge in [0.25, 0.3) is 0 Å². The third-order valence-corrected chi connectivity index (χ3v) is 6.39. The number of anilines is 3. The molecule has 2 N–H and O–H groups in total. The third-order valence-electron chi connectivity index (χ3n) is 6.39. The van der Waals surface area contributed by atoms with Gasteiger partial charge in [-0.3, -0.25) is 9.55 Å². The van der Waals surface area contributed by atoms with E-state index < -0.39 is 0 Å². The number of rotatable bonds is 6. The van der Waals surface area contributed by atoms with Crippen molar-refractivity contribution in [2.24, 2.45) is 0 Å². The summed E-state index contributed by atoms with van der Waals surface area (Å²) in [6.07, 6.45) is 5.33. The van der Waals surface area contributed by atoms with E-state index in [1.807, 2.05) is 47.0 Å². The number of hydrogen-bond acceptors (Lipinski definition) is 8. The Bertz CT molecular complexity index is 1450. The van der Waals surface area contributed by atoms with E-state index in [1.54, 1.807) is 30.9 Å². The van der Waals surface area contributed by atoms with Gasteiger partial charge >= 0.3 is 0 Å². The molecule has 0 amide bonds. The number of pyridine rings is 1. The highest BCUT2D eigenvalue weighted by Gasteiger charge is 2.22. The van der Waals surface area contributed by atoms with Crippen LogP contribution in [-0.4, -0.2) is 55.8 Å². The van der Waals surface area contributed by atoms with Crippen molar-refractivity contribution < 1.29 is 5.11 Å². The van der Waals surface area contributed by atoms with Crippen LogP contribution in [0.15, 0.2) is 85.5 Å². The summed E-state index contributed by atoms with van der Waals surface area (Å²) in [6.45, 7) is 3.87. The van der Waals surface area contributed by atoms with E-state index in [4.69, 9.17) is 9.97 Å². The molecule has 9 nitrogen and oxygen atoms in total. The van der Waals surface area contributed by atoms with Gasteiger partial charge in [0.05, 0.1) is 11.9 Å². The number of fused-ring (bicyclic) bond motifs is 1. The molecule has 2 aromatic carbocycles. The maximum absolute atomic E-state index is 9.60. The Kier molecular flexibility index (Phi) is 5.79. The van der Waals surface area contributed by atoms with Gasteiger partial charge in [0.15, 0.2) is 17.0 Å². The molecule has 5 aromatic rings. The van der Waals surface area contributed by atoms with Crippen LogP contribution >= 0.6 is 0 Å². The lowest BCUT2D eigenvalue weighted by atomic mass is 10.2. The minimum absolute atomic E-state index is 0.278. The topological polar surface area (TPSA) is 95.2 Å². The highest BCUT2D eigenvalue weighted by Crippen LogP contribution is 2.27. The second-order valence-electron chi connectivity index (χ2n) is 8.70. The molecule has 1 aliphatic rings. The molecular weight excluding hydrogens is 452 g/mol. The summed E-state index contributed by atoms with van der Waals surface area (Å²) < 4.78 is 1.95. The molecule has 3 aromatic heterocycles. The molecule has 180 valence electrons. The lowest BCUT2D eigenvalue weighted by Gasteiger charge is -2.36. The predicted octanol–water partition coefficient (Wildman–Crippen LogP) is 3.85. The molecule has 0 aliphatic carbocycles. The molecular formula is C27H26N8O. The van der Waals surface area contributed by atoms with E-state index in [-0.39, 0.29) is 5.75 Å². The standard InChI is InChI=1S/C27H26N8O/c36-23-10-8-21(9-11-23)33-13-15-34(16-14-33)27-31-25(29-17-20-5-2-1-3-6-20)24-26(32-27)35(19-30-24)22-7-4-12-28-18-22/h1-12,18-19,36H,13-17H2,(H,29,31,32). The van der Waals surface area contributed by atoms with Gasteiger partial charge in [0, 0.05) is 44.6 Å². The third kappa shape index (κ3) is 4.38. The Morgan fingerprint density at radius 3 is 2.33 bits per heavy atom. The molecule has 1 fully saturated rings. The smallest absolute Gasteiger partial charge is 0.229 e. The molecule has 9 heteroatoms. The Morgan fingerprint density at radius 1 is 0.806 bits per heavy atom. The Labute approximate surface area is 208 Å². The van der Waals surface area contributed by atoms with E-state index in [1.165, 1.54) is 5.56 Å². The van der Waals surface area contributed by atoms with Crippen LogP contribution in [0.5, 0.6) is 5.75 Å². The van der Waals surface area contributed by atoms with Crippen molar-refractivity contribution in [2.75, 3.05) is 41.3 Å². The molecule has 36 heavy (non-hydrogen) atoms. The van der Waals surface area contributed by atoms with Gasteiger partial charge < -0.3 is 20.2 Å². The fraction of sp³-hybridized carbons (Fsp3) is 0.185. The number of hydrogen-bond donors (Lipinski definition) is 2. The molecule has 0 unspecified atom stereocenters. The van der Waals surface area contributed by atoms with Crippen molar-refractivity contribution in [1.82, 2.24) is 24.5 Å². The number of phenolic OH excluding ortho intramolecular Hbond substituents is 1. The van der Waals surface area contributed by atoms with Gasteiger partial charge in [-0.25, -0.2) is 4.98 Å². The first-order valence-electron chi connectivity index (χ1n) is 12.0. The number of nitrogens with one attached hydrogen (secondary N) is 1. The summed E-state index contributed by atoms with van der Waals surface area (Å²) in [4.78, 5) is 23.3. The second-order valence-corrected chi connectivity index (χ2v) is 8.70. The van der Waals surface area contributed by atoms with E-state index in [9.17, 15) is 5.11 Å². The number of nitrogens with zero attached hydrogens (tertiary/aromatic N) is 7. The summed E-state index contributed by atoms with van der Waals surface area (Å²) in [7, 11) is 0. The van der Waals surface area contributed by atoms with Crippen molar-refractivity contribution in [2.45, 2.75) is 6.54 Å². The average molecular weight is 479 g/mol. The Hall–Kier alpha value is -4.66. The van der Waals surface area contributed by atoms with Crippen molar-refractivity contribution in [3.63, 3.8) is 0 Å². The number of imidazole rings is 1. The van der Waals surface area contributed by atoms with Crippen LogP contribution < -0.4 is 15.1 Å². The van der Waals surface area contributed by atoms with Crippen LogP contribution in [0.1, 0.15) is 5.56 Å². The summed E-state index contributed by atoms with van der Waals surface area (Å²) in [5, 5.41) is 13.1. The van der Waals surface area contributed by atoms with E-state index >= 15 is 0 Å². The number of benzene rings is 2. The molecule has 6 rings (SSSR count). The molecule has 0 spiro atoms. The van der Waals surface area contributed by atoms with Crippen LogP contribution in [0, 0.1) is 0 Å². The molecule has 0 saturated carbocycles. The number of phenols is 1. The van der Waals surface area contributed by atoms with Crippen molar-refractivity contribution >= 4 is 28.6 Å². The fourth-order valence-corrected chi connectivity index (χ4v) is 4.45. The van der Waals surface area contributed by atoms with Crippen LogP contribution in [0.4, 0.5) is 17.5 Å². The average Bonchev–Trinajstić information content (AvgIpc) is 3.38. The second kappa shape index (κ2) is 9.53. The summed E-state index contributed by atoms with van der Waals surface area (Å²) in [5.41, 5.74) is 4.63. The van der Waals surface area contributed by atoms with Gasteiger partial charge in [-0.05, 0) is 42.0 Å². The minimum Gasteiger partial charge on any atom is -0.508 e. The highest BCUT2D eigenvalue weighted by atomic mass is 16.3. The zero-order valence-corrected chi connectivity index (χ0v) is 19.7. The lowest BCUT2D eigenvalue weighted by Crippen LogP contribution is -2.47. The first kappa shape index (κ1) is 21.8. The normalized spacial score (nSPS) is 13.8. The first-order valence-corrected chi connectivity index (χ1v) is 12.0. The van der Waals surface area contributed by atoms with Crippen molar-refractivity contribution in [3.05, 3.63) is 91.0 Å². The summed E-state index contributed by atoms with van der Waals surface area (Å²) >= 11 is 0. The number of aromatic nitrogens is 5. The van der Waals surface area contributed by atoms with Gasteiger partial charge in [-0.2, -0.15) is 9.97 Å². The SMILES string of the molecule is Oc1ccc(N2CCN(c3nc(NCc4ccccc4)c4ncn(-c5cccnc5)c4n3)CC2)cc1. The zero-order valence-electron chi connectivity index (χ0n) is 19.7. The highest BCUT2D eigenvalue weighted by molar-refractivity contribution is 5.85. The first-order chi connectivity index (χ1) is 17.7. The molecule has 4 heterocycles. The van der Waals surface area contributed by atoms with Gasteiger partial charge in [-0.1, -0.05) is 30.3 Å². The van der Waals surface area contributed by atoms with Gasteiger partial charge in [0.1, 0.15) is 12.1 Å².